The van der Waals surface area contributed by atoms with Gasteiger partial charge in [-0.2, -0.15) is 0 Å². The van der Waals surface area contributed by atoms with Crippen LogP contribution < -0.4 is 4.90 Å². The van der Waals surface area contributed by atoms with Crippen molar-refractivity contribution in [1.29, 1.82) is 0 Å². The van der Waals surface area contributed by atoms with E-state index in [0.717, 1.165) is 0 Å². The quantitative estimate of drug-likeness (QED) is 0.743. The van der Waals surface area contributed by atoms with E-state index in [4.69, 9.17) is 0 Å². The Morgan fingerprint density at radius 3 is 2.59 bits per heavy atom. The summed E-state index contributed by atoms with van der Waals surface area (Å²) in [6.45, 7) is 0. The van der Waals surface area contributed by atoms with Gasteiger partial charge in [0.1, 0.15) is 11.1 Å². The maximum atomic E-state index is 13.6. The maximum absolute atomic E-state index is 13.6. The number of amides is 1. The zero-order valence-electron chi connectivity index (χ0n) is 8.84. The first-order valence-electron chi connectivity index (χ1n) is 5.30. The Hall–Kier alpha value is -1.43. The molecule has 2 unspecified atom stereocenters. The molecule has 2 bridgehead atoms. The summed E-state index contributed by atoms with van der Waals surface area (Å²) in [5, 5.41) is -0.966. The Labute approximate surface area is 98.0 Å². The molecule has 1 aromatic rings. The van der Waals surface area contributed by atoms with Crippen LogP contribution in [-0.4, -0.2) is 31.4 Å². The summed E-state index contributed by atoms with van der Waals surface area (Å²) < 4.78 is 36.7. The van der Waals surface area contributed by atoms with Crippen molar-refractivity contribution in [2.75, 3.05) is 10.7 Å². The predicted octanol–water partition coefficient (Wildman–Crippen LogP) is 0.728. The SMILES string of the molecule is O=C1C2CC(CS2(=O)=O)N1c1ccccc1F. The van der Waals surface area contributed by atoms with Gasteiger partial charge in [-0.05, 0) is 18.6 Å². The monoisotopic (exact) mass is 255 g/mol. The fourth-order valence-electron chi connectivity index (χ4n) is 2.58. The molecule has 0 aromatic heterocycles. The summed E-state index contributed by atoms with van der Waals surface area (Å²) in [6.07, 6.45) is 0.287. The number of anilines is 1. The van der Waals surface area contributed by atoms with E-state index in [0.29, 0.717) is 0 Å². The highest BCUT2D eigenvalue weighted by Crippen LogP contribution is 2.38. The predicted molar refractivity (Wildman–Crippen MR) is 59.9 cm³/mol. The number of rotatable bonds is 1. The van der Waals surface area contributed by atoms with E-state index in [-0.39, 0.29) is 17.9 Å². The molecule has 4 nitrogen and oxygen atoms in total. The van der Waals surface area contributed by atoms with Crippen molar-refractivity contribution in [3.05, 3.63) is 30.1 Å². The van der Waals surface area contributed by atoms with E-state index in [1.165, 1.54) is 23.1 Å². The molecule has 0 saturated carbocycles. The van der Waals surface area contributed by atoms with Crippen LogP contribution in [0, 0.1) is 5.82 Å². The molecule has 2 aliphatic rings. The number of fused-ring (bicyclic) bond motifs is 2. The van der Waals surface area contributed by atoms with E-state index < -0.39 is 32.9 Å². The molecule has 6 heteroatoms. The Morgan fingerprint density at radius 2 is 2.00 bits per heavy atom. The van der Waals surface area contributed by atoms with Crippen molar-refractivity contribution < 1.29 is 17.6 Å². The third-order valence-electron chi connectivity index (χ3n) is 3.33. The van der Waals surface area contributed by atoms with Gasteiger partial charge in [-0.15, -0.1) is 0 Å². The molecule has 1 aromatic carbocycles. The van der Waals surface area contributed by atoms with E-state index in [9.17, 15) is 17.6 Å². The fourth-order valence-corrected chi connectivity index (χ4v) is 4.57. The van der Waals surface area contributed by atoms with Gasteiger partial charge in [-0.3, -0.25) is 4.79 Å². The van der Waals surface area contributed by atoms with Crippen molar-refractivity contribution in [3.63, 3.8) is 0 Å². The highest BCUT2D eigenvalue weighted by Gasteiger charge is 2.55. The second-order valence-corrected chi connectivity index (χ2v) is 6.60. The molecule has 2 heterocycles. The third-order valence-corrected chi connectivity index (χ3v) is 5.44. The number of hydrogen-bond acceptors (Lipinski definition) is 3. The summed E-state index contributed by atoms with van der Waals surface area (Å²) in [6, 6.07) is 5.53. The lowest BCUT2D eigenvalue weighted by Crippen LogP contribution is -2.45. The fraction of sp³-hybridized carbons (Fsp3) is 0.364. The Bertz CT molecular complexity index is 598. The van der Waals surface area contributed by atoms with Crippen LogP contribution >= 0.6 is 0 Å². The summed E-state index contributed by atoms with van der Waals surface area (Å²) >= 11 is 0. The van der Waals surface area contributed by atoms with Crippen molar-refractivity contribution in [2.24, 2.45) is 0 Å². The van der Waals surface area contributed by atoms with Gasteiger partial charge in [-0.1, -0.05) is 12.1 Å². The van der Waals surface area contributed by atoms with E-state index in [1.807, 2.05) is 0 Å². The van der Waals surface area contributed by atoms with E-state index in [1.54, 1.807) is 6.07 Å². The molecule has 0 N–H and O–H groups in total. The molecule has 0 aliphatic carbocycles. The van der Waals surface area contributed by atoms with Gasteiger partial charge < -0.3 is 4.90 Å². The smallest absolute Gasteiger partial charge is 0.245 e. The first-order chi connectivity index (χ1) is 8.00. The highest BCUT2D eigenvalue weighted by molar-refractivity contribution is 7.93. The molecule has 2 atom stereocenters. The Kier molecular flexibility index (Phi) is 2.07. The summed E-state index contributed by atoms with van der Waals surface area (Å²) in [5.74, 6) is -1.05. The average molecular weight is 255 g/mol. The molecule has 90 valence electrons. The number of carbonyl (C=O) groups is 1. The molecule has 0 spiro atoms. The average Bonchev–Trinajstić information content (AvgIpc) is 2.72. The van der Waals surface area contributed by atoms with Gasteiger partial charge in [0.2, 0.25) is 5.91 Å². The standard InChI is InChI=1S/C11H10FNO3S/c12-8-3-1-2-4-9(8)13-7-5-10(11(13)14)17(15,16)6-7/h1-4,7,10H,5-6H2. The van der Waals surface area contributed by atoms with Gasteiger partial charge >= 0.3 is 0 Å². The van der Waals surface area contributed by atoms with Crippen LogP contribution in [0.2, 0.25) is 0 Å². The van der Waals surface area contributed by atoms with Gasteiger partial charge in [0.15, 0.2) is 9.84 Å². The number of hydrogen-bond donors (Lipinski definition) is 0. The molecular formula is C11H10FNO3S. The van der Waals surface area contributed by atoms with Crippen molar-refractivity contribution in [3.8, 4) is 0 Å². The molecule has 3 rings (SSSR count). The topological polar surface area (TPSA) is 54.5 Å². The Morgan fingerprint density at radius 1 is 1.29 bits per heavy atom. The Balaban J connectivity index is 2.05. The second kappa shape index (κ2) is 3.29. The zero-order chi connectivity index (χ0) is 12.2. The minimum Gasteiger partial charge on any atom is -0.304 e. The summed E-state index contributed by atoms with van der Waals surface area (Å²) in [4.78, 5) is 13.2. The van der Waals surface area contributed by atoms with Crippen LogP contribution in [0.4, 0.5) is 10.1 Å². The van der Waals surface area contributed by atoms with Gasteiger partial charge in [0, 0.05) is 0 Å². The molecule has 2 fully saturated rings. The molecule has 17 heavy (non-hydrogen) atoms. The first-order valence-corrected chi connectivity index (χ1v) is 7.01. The van der Waals surface area contributed by atoms with Gasteiger partial charge in [0.25, 0.3) is 0 Å². The molecule has 1 amide bonds. The van der Waals surface area contributed by atoms with Crippen LogP contribution in [-0.2, 0) is 14.6 Å². The lowest BCUT2D eigenvalue weighted by atomic mass is 10.2. The third kappa shape index (κ3) is 1.40. The first kappa shape index (κ1) is 10.7. The maximum Gasteiger partial charge on any atom is 0.245 e. The number of sulfone groups is 1. The normalized spacial score (nSPS) is 29.9. The summed E-state index contributed by atoms with van der Waals surface area (Å²) in [5.41, 5.74) is 0.180. The largest absolute Gasteiger partial charge is 0.304 e. The number of benzene rings is 1. The molecular weight excluding hydrogens is 245 g/mol. The van der Waals surface area contributed by atoms with Crippen LogP contribution in [0.1, 0.15) is 6.42 Å². The van der Waals surface area contributed by atoms with E-state index in [2.05, 4.69) is 0 Å². The van der Waals surface area contributed by atoms with Crippen LogP contribution in [0.5, 0.6) is 0 Å². The molecule has 2 aliphatic heterocycles. The van der Waals surface area contributed by atoms with Crippen molar-refractivity contribution in [2.45, 2.75) is 17.7 Å². The van der Waals surface area contributed by atoms with Gasteiger partial charge in [0.05, 0.1) is 17.5 Å². The zero-order valence-corrected chi connectivity index (χ0v) is 9.65. The van der Waals surface area contributed by atoms with Gasteiger partial charge in [-0.25, -0.2) is 12.8 Å². The number of nitrogens with zero attached hydrogens (tertiary/aromatic N) is 1. The minimum atomic E-state index is -3.30. The molecule has 2 saturated heterocycles. The second-order valence-electron chi connectivity index (χ2n) is 4.37. The number of halogens is 1. The van der Waals surface area contributed by atoms with E-state index >= 15 is 0 Å². The summed E-state index contributed by atoms with van der Waals surface area (Å²) in [7, 11) is -3.30. The number of carbonyl (C=O) groups excluding carboxylic acids is 1. The highest BCUT2D eigenvalue weighted by atomic mass is 32.2. The lowest BCUT2D eigenvalue weighted by molar-refractivity contribution is -0.117. The van der Waals surface area contributed by atoms with Crippen molar-refractivity contribution in [1.82, 2.24) is 0 Å². The van der Waals surface area contributed by atoms with Crippen LogP contribution in [0.15, 0.2) is 24.3 Å². The molecule has 0 radical (unpaired) electrons. The number of para-hydroxylation sites is 1. The van der Waals surface area contributed by atoms with Crippen LogP contribution in [0.25, 0.3) is 0 Å². The minimum absolute atomic E-state index is 0.0578. The van der Waals surface area contributed by atoms with Crippen molar-refractivity contribution >= 4 is 21.4 Å². The van der Waals surface area contributed by atoms with Crippen LogP contribution in [0.3, 0.4) is 0 Å². The lowest BCUT2D eigenvalue weighted by Gasteiger charge is -2.27.